The topological polar surface area (TPSA) is 59.8 Å². The van der Waals surface area contributed by atoms with Crippen LogP contribution in [0.15, 0.2) is 52.0 Å². The standard InChI is InChI=1S/C19H19NO4S/c1-12(2)20-18(21)16(14-8-4-5-9-15(14)23-3)17(19(20)22)25-11-13-7-6-10-24-13/h4-10,12H,11H2,1-3H3. The van der Waals surface area contributed by atoms with E-state index in [1.165, 1.54) is 16.7 Å². The van der Waals surface area contributed by atoms with Gasteiger partial charge in [0.15, 0.2) is 0 Å². The number of para-hydroxylation sites is 1. The largest absolute Gasteiger partial charge is 0.496 e. The summed E-state index contributed by atoms with van der Waals surface area (Å²) in [6.45, 7) is 3.66. The highest BCUT2D eigenvalue weighted by atomic mass is 32.2. The monoisotopic (exact) mass is 357 g/mol. The highest BCUT2D eigenvalue weighted by Crippen LogP contribution is 2.41. The second-order valence-electron chi connectivity index (χ2n) is 5.85. The minimum Gasteiger partial charge on any atom is -0.496 e. The van der Waals surface area contributed by atoms with Gasteiger partial charge in [-0.2, -0.15) is 0 Å². The van der Waals surface area contributed by atoms with E-state index in [1.807, 2.05) is 32.0 Å². The second kappa shape index (κ2) is 7.19. The number of rotatable bonds is 6. The number of hydrogen-bond donors (Lipinski definition) is 0. The van der Waals surface area contributed by atoms with Crippen LogP contribution in [0.25, 0.3) is 5.57 Å². The van der Waals surface area contributed by atoms with E-state index in [1.54, 1.807) is 31.6 Å². The fraction of sp³-hybridized carbons (Fsp3) is 0.263. The molecule has 0 radical (unpaired) electrons. The molecule has 0 N–H and O–H groups in total. The molecule has 2 heterocycles. The Bertz CT molecular complexity index is 824. The normalized spacial score (nSPS) is 14.8. The van der Waals surface area contributed by atoms with Crippen molar-refractivity contribution in [3.8, 4) is 5.75 Å². The van der Waals surface area contributed by atoms with Crippen LogP contribution in [0.5, 0.6) is 5.75 Å². The lowest BCUT2D eigenvalue weighted by molar-refractivity contribution is -0.138. The SMILES string of the molecule is COc1ccccc1C1=C(SCc2ccco2)C(=O)N(C(C)C)C1=O. The molecule has 130 valence electrons. The zero-order valence-corrected chi connectivity index (χ0v) is 15.1. The first-order valence-corrected chi connectivity index (χ1v) is 8.94. The summed E-state index contributed by atoms with van der Waals surface area (Å²) in [5.74, 6) is 1.25. The van der Waals surface area contributed by atoms with Gasteiger partial charge in [-0.3, -0.25) is 14.5 Å². The van der Waals surface area contributed by atoms with Crippen molar-refractivity contribution in [3.05, 3.63) is 58.9 Å². The number of amides is 2. The molecular weight excluding hydrogens is 338 g/mol. The summed E-state index contributed by atoms with van der Waals surface area (Å²) in [6, 6.07) is 10.7. The highest BCUT2D eigenvalue weighted by Gasteiger charge is 2.41. The van der Waals surface area contributed by atoms with Crippen molar-refractivity contribution in [1.82, 2.24) is 4.90 Å². The fourth-order valence-corrected chi connectivity index (χ4v) is 3.77. The number of imide groups is 1. The smallest absolute Gasteiger partial charge is 0.268 e. The van der Waals surface area contributed by atoms with E-state index in [9.17, 15) is 9.59 Å². The van der Waals surface area contributed by atoms with Gasteiger partial charge in [-0.1, -0.05) is 18.2 Å². The maximum atomic E-state index is 13.0. The van der Waals surface area contributed by atoms with Crippen LogP contribution in [0.3, 0.4) is 0 Å². The molecule has 1 aliphatic heterocycles. The van der Waals surface area contributed by atoms with E-state index in [-0.39, 0.29) is 17.9 Å². The summed E-state index contributed by atoms with van der Waals surface area (Å²) in [6.07, 6.45) is 1.59. The Kier molecular flexibility index (Phi) is 4.99. The second-order valence-corrected chi connectivity index (χ2v) is 6.83. The Labute approximate surface area is 150 Å². The van der Waals surface area contributed by atoms with Crippen molar-refractivity contribution in [2.24, 2.45) is 0 Å². The number of hydrogen-bond acceptors (Lipinski definition) is 5. The van der Waals surface area contributed by atoms with Gasteiger partial charge in [0, 0.05) is 11.6 Å². The molecule has 0 unspecified atom stereocenters. The highest BCUT2D eigenvalue weighted by molar-refractivity contribution is 8.03. The third-order valence-electron chi connectivity index (χ3n) is 3.90. The summed E-state index contributed by atoms with van der Waals surface area (Å²) < 4.78 is 10.7. The predicted octanol–water partition coefficient (Wildman–Crippen LogP) is 3.71. The third kappa shape index (κ3) is 3.22. The molecule has 3 rings (SSSR count). The number of benzene rings is 1. The molecule has 1 aliphatic rings. The van der Waals surface area contributed by atoms with Crippen LogP contribution in [0, 0.1) is 0 Å². The molecule has 0 aliphatic carbocycles. The summed E-state index contributed by atoms with van der Waals surface area (Å²) in [7, 11) is 1.55. The van der Waals surface area contributed by atoms with E-state index in [0.29, 0.717) is 27.5 Å². The molecule has 1 aromatic heterocycles. The number of nitrogens with zero attached hydrogens (tertiary/aromatic N) is 1. The van der Waals surface area contributed by atoms with Gasteiger partial charge in [0.1, 0.15) is 11.5 Å². The Morgan fingerprint density at radius 1 is 1.12 bits per heavy atom. The molecule has 25 heavy (non-hydrogen) atoms. The van der Waals surface area contributed by atoms with Gasteiger partial charge in [0.25, 0.3) is 11.8 Å². The van der Waals surface area contributed by atoms with Crippen molar-refractivity contribution < 1.29 is 18.7 Å². The lowest BCUT2D eigenvalue weighted by Gasteiger charge is -2.19. The van der Waals surface area contributed by atoms with Crippen molar-refractivity contribution in [2.45, 2.75) is 25.6 Å². The first-order valence-electron chi connectivity index (χ1n) is 7.95. The molecule has 6 heteroatoms. The van der Waals surface area contributed by atoms with Crippen LogP contribution in [-0.2, 0) is 15.3 Å². The molecule has 0 saturated heterocycles. The van der Waals surface area contributed by atoms with Crippen LogP contribution < -0.4 is 4.74 Å². The summed E-state index contributed by atoms with van der Waals surface area (Å²) >= 11 is 1.32. The Hall–Kier alpha value is -2.47. The first kappa shape index (κ1) is 17.4. The summed E-state index contributed by atoms with van der Waals surface area (Å²) in [5, 5.41) is 0. The lowest BCUT2D eigenvalue weighted by atomic mass is 10.0. The zero-order chi connectivity index (χ0) is 18.0. The maximum Gasteiger partial charge on any atom is 0.268 e. The van der Waals surface area contributed by atoms with Crippen LogP contribution in [0.1, 0.15) is 25.2 Å². The van der Waals surface area contributed by atoms with Gasteiger partial charge in [-0.15, -0.1) is 11.8 Å². The van der Waals surface area contributed by atoms with Gasteiger partial charge in [0.2, 0.25) is 0 Å². The summed E-state index contributed by atoms with van der Waals surface area (Å²) in [4.78, 5) is 27.5. The Morgan fingerprint density at radius 3 is 2.52 bits per heavy atom. The molecule has 0 atom stereocenters. The molecular formula is C19H19NO4S. The van der Waals surface area contributed by atoms with Gasteiger partial charge in [-0.25, -0.2) is 0 Å². The number of carbonyl (C=O) groups is 2. The zero-order valence-electron chi connectivity index (χ0n) is 14.3. The minimum atomic E-state index is -0.286. The van der Waals surface area contributed by atoms with Crippen molar-refractivity contribution >= 4 is 29.1 Å². The number of methoxy groups -OCH3 is 1. The number of furan rings is 1. The van der Waals surface area contributed by atoms with E-state index in [2.05, 4.69) is 0 Å². The van der Waals surface area contributed by atoms with Crippen LogP contribution in [0.2, 0.25) is 0 Å². The van der Waals surface area contributed by atoms with Crippen LogP contribution in [-0.4, -0.2) is 29.9 Å². The van der Waals surface area contributed by atoms with E-state index >= 15 is 0 Å². The predicted molar refractivity (Wildman–Crippen MR) is 96.9 cm³/mol. The van der Waals surface area contributed by atoms with Crippen LogP contribution in [0.4, 0.5) is 0 Å². The summed E-state index contributed by atoms with van der Waals surface area (Å²) in [5.41, 5.74) is 1.03. The van der Waals surface area contributed by atoms with E-state index < -0.39 is 0 Å². The Balaban J connectivity index is 2.05. The average molecular weight is 357 g/mol. The lowest BCUT2D eigenvalue weighted by Crippen LogP contribution is -2.37. The molecule has 0 spiro atoms. The molecule has 0 bridgehead atoms. The van der Waals surface area contributed by atoms with Crippen molar-refractivity contribution in [1.29, 1.82) is 0 Å². The fourth-order valence-electron chi connectivity index (χ4n) is 2.76. The van der Waals surface area contributed by atoms with Gasteiger partial charge < -0.3 is 9.15 Å². The molecule has 2 aromatic rings. The third-order valence-corrected chi connectivity index (χ3v) is 5.00. The van der Waals surface area contributed by atoms with E-state index in [0.717, 1.165) is 5.76 Å². The molecule has 0 saturated carbocycles. The maximum absolute atomic E-state index is 13.0. The van der Waals surface area contributed by atoms with Gasteiger partial charge >= 0.3 is 0 Å². The minimum absolute atomic E-state index is 0.216. The van der Waals surface area contributed by atoms with Crippen molar-refractivity contribution in [2.75, 3.05) is 7.11 Å². The number of carbonyl (C=O) groups excluding carboxylic acids is 2. The number of thioether (sulfide) groups is 1. The number of ether oxygens (including phenoxy) is 1. The molecule has 1 aromatic carbocycles. The average Bonchev–Trinajstić information content (AvgIpc) is 3.19. The molecule has 0 fully saturated rings. The Morgan fingerprint density at radius 2 is 1.88 bits per heavy atom. The quantitative estimate of drug-likeness (QED) is 0.738. The molecule has 2 amide bonds. The van der Waals surface area contributed by atoms with Crippen LogP contribution >= 0.6 is 11.8 Å². The van der Waals surface area contributed by atoms with Crippen molar-refractivity contribution in [3.63, 3.8) is 0 Å². The molecule has 5 nitrogen and oxygen atoms in total. The van der Waals surface area contributed by atoms with E-state index in [4.69, 9.17) is 9.15 Å². The first-order chi connectivity index (χ1) is 12.0. The van der Waals surface area contributed by atoms with Gasteiger partial charge in [-0.05, 0) is 32.0 Å². The van der Waals surface area contributed by atoms with Gasteiger partial charge in [0.05, 0.1) is 29.6 Å².